The van der Waals surface area contributed by atoms with Gasteiger partial charge in [-0.15, -0.1) is 0 Å². The van der Waals surface area contributed by atoms with E-state index in [2.05, 4.69) is 51.3 Å². The Morgan fingerprint density at radius 3 is 2.45 bits per heavy atom. The molecule has 0 saturated carbocycles. The van der Waals surface area contributed by atoms with E-state index in [4.69, 9.17) is 4.74 Å². The largest absolute Gasteiger partial charge is 0.503 e. The lowest BCUT2D eigenvalue weighted by Gasteiger charge is -2.20. The van der Waals surface area contributed by atoms with Crippen LogP contribution in [0.4, 0.5) is 4.39 Å². The standard InChI is InChI=1S/C31H36FN3O3/c1-22(32)18-33-19-27(17-29-31(37)30(36)13-15-34-29)26-11-9-24(10-12-26)4-3-23-5-7-25(8-6-23)20-35-16-14-28(21-35)38-2/h5-12,15,22,27-28,33,37H,13-14,16-21H2,1-2H3/t22?,27?,28-/m1/s1. The van der Waals surface area contributed by atoms with Crippen LogP contribution in [-0.4, -0.2) is 67.6 Å². The highest BCUT2D eigenvalue weighted by molar-refractivity contribution is 6.03. The number of nitrogens with zero attached hydrogens (tertiary/aromatic N) is 2. The van der Waals surface area contributed by atoms with Crippen molar-refractivity contribution in [2.75, 3.05) is 33.3 Å². The van der Waals surface area contributed by atoms with Crippen molar-refractivity contribution in [1.82, 2.24) is 10.2 Å². The second-order valence-electron chi connectivity index (χ2n) is 10.0. The number of aliphatic imine (C=N–C) groups is 1. The van der Waals surface area contributed by atoms with E-state index in [0.29, 0.717) is 24.8 Å². The minimum Gasteiger partial charge on any atom is -0.503 e. The summed E-state index contributed by atoms with van der Waals surface area (Å²) in [6, 6.07) is 16.3. The number of benzene rings is 2. The molecular weight excluding hydrogens is 481 g/mol. The van der Waals surface area contributed by atoms with Crippen LogP contribution in [0.5, 0.6) is 0 Å². The van der Waals surface area contributed by atoms with Crippen molar-refractivity contribution in [3.05, 3.63) is 82.2 Å². The smallest absolute Gasteiger partial charge is 0.204 e. The first-order chi connectivity index (χ1) is 18.4. The number of allylic oxidation sites excluding steroid dienone is 2. The fraction of sp³-hybridized carbons (Fsp3) is 0.419. The summed E-state index contributed by atoms with van der Waals surface area (Å²) >= 11 is 0. The lowest BCUT2D eigenvalue weighted by Crippen LogP contribution is -2.27. The second kappa shape index (κ2) is 13.5. The van der Waals surface area contributed by atoms with Crippen LogP contribution in [0.3, 0.4) is 0 Å². The summed E-state index contributed by atoms with van der Waals surface area (Å²) in [6.07, 6.45) is 2.48. The summed E-state index contributed by atoms with van der Waals surface area (Å²) < 4.78 is 18.8. The van der Waals surface area contributed by atoms with Crippen molar-refractivity contribution >= 4 is 12.0 Å². The van der Waals surface area contributed by atoms with Gasteiger partial charge in [0.15, 0.2) is 5.76 Å². The van der Waals surface area contributed by atoms with Gasteiger partial charge in [-0.1, -0.05) is 36.1 Å². The van der Waals surface area contributed by atoms with Gasteiger partial charge in [0.1, 0.15) is 6.17 Å². The van der Waals surface area contributed by atoms with Gasteiger partial charge >= 0.3 is 0 Å². The number of ether oxygens (including phenoxy) is 1. The number of alkyl halides is 1. The molecule has 2 aromatic carbocycles. The zero-order chi connectivity index (χ0) is 26.9. The predicted octanol–water partition coefficient (Wildman–Crippen LogP) is 4.54. The number of methoxy groups -OCH3 is 1. The van der Waals surface area contributed by atoms with Crippen LogP contribution >= 0.6 is 0 Å². The first-order valence-corrected chi connectivity index (χ1v) is 13.2. The number of hydrogen-bond donors (Lipinski definition) is 2. The monoisotopic (exact) mass is 517 g/mol. The van der Waals surface area contributed by atoms with Crippen molar-refractivity contribution in [3.63, 3.8) is 0 Å². The van der Waals surface area contributed by atoms with Crippen molar-refractivity contribution in [1.29, 1.82) is 0 Å². The Morgan fingerprint density at radius 1 is 1.13 bits per heavy atom. The molecule has 0 aliphatic carbocycles. The SMILES string of the molecule is CO[C@@H]1CCN(Cc2ccc(C#Cc3ccc(C(CNCC(C)F)CC4=C(O)C(=O)CC=N4)cc3)cc2)C1. The molecule has 0 bridgehead atoms. The van der Waals surface area contributed by atoms with E-state index < -0.39 is 6.17 Å². The Hall–Kier alpha value is -3.31. The summed E-state index contributed by atoms with van der Waals surface area (Å²) in [5, 5.41) is 13.3. The molecule has 6 nitrogen and oxygen atoms in total. The highest BCUT2D eigenvalue weighted by atomic mass is 19.1. The number of ketones is 1. The van der Waals surface area contributed by atoms with Gasteiger partial charge in [0, 0.05) is 75.9 Å². The average Bonchev–Trinajstić information content (AvgIpc) is 3.38. The molecule has 200 valence electrons. The number of carbonyl (C=O) groups is 1. The Bertz CT molecular complexity index is 1210. The minimum atomic E-state index is -0.965. The van der Waals surface area contributed by atoms with Gasteiger partial charge < -0.3 is 15.2 Å². The third-order valence-electron chi connectivity index (χ3n) is 6.97. The Balaban J connectivity index is 1.40. The van der Waals surface area contributed by atoms with E-state index >= 15 is 0 Å². The Labute approximate surface area is 224 Å². The summed E-state index contributed by atoms with van der Waals surface area (Å²) in [7, 11) is 1.78. The fourth-order valence-corrected chi connectivity index (χ4v) is 4.77. The number of hydrogen-bond acceptors (Lipinski definition) is 6. The fourth-order valence-electron chi connectivity index (χ4n) is 4.77. The number of Topliss-reactive ketones (excluding diaryl/α,β-unsaturated/α-hetero) is 1. The molecule has 1 fully saturated rings. The quantitative estimate of drug-likeness (QED) is 0.453. The molecule has 2 N–H and O–H groups in total. The maximum absolute atomic E-state index is 13.3. The lowest BCUT2D eigenvalue weighted by molar-refractivity contribution is -0.117. The summed E-state index contributed by atoms with van der Waals surface area (Å²) in [5.41, 5.74) is 4.49. The molecule has 2 unspecified atom stereocenters. The third kappa shape index (κ3) is 7.84. The molecule has 0 spiro atoms. The van der Waals surface area contributed by atoms with Crippen molar-refractivity contribution in [2.24, 2.45) is 4.99 Å². The van der Waals surface area contributed by atoms with Gasteiger partial charge in [0.05, 0.1) is 11.8 Å². The molecule has 1 saturated heterocycles. The van der Waals surface area contributed by atoms with Crippen molar-refractivity contribution in [3.8, 4) is 11.8 Å². The van der Waals surface area contributed by atoms with Gasteiger partial charge in [0.2, 0.25) is 5.78 Å². The number of rotatable bonds is 10. The van der Waals surface area contributed by atoms with Crippen molar-refractivity contribution in [2.45, 2.75) is 50.9 Å². The molecule has 3 atom stereocenters. The molecule has 7 heteroatoms. The molecule has 0 radical (unpaired) electrons. The van der Waals surface area contributed by atoms with E-state index in [1.54, 1.807) is 7.11 Å². The summed E-state index contributed by atoms with van der Waals surface area (Å²) in [6.45, 7) is 5.19. The first kappa shape index (κ1) is 27.7. The molecule has 2 heterocycles. The highest BCUT2D eigenvalue weighted by Crippen LogP contribution is 2.27. The zero-order valence-corrected chi connectivity index (χ0v) is 22.1. The predicted molar refractivity (Wildman–Crippen MR) is 148 cm³/mol. The number of likely N-dealkylation sites (tertiary alicyclic amines) is 1. The molecule has 38 heavy (non-hydrogen) atoms. The third-order valence-corrected chi connectivity index (χ3v) is 6.97. The molecule has 2 aromatic rings. The van der Waals surface area contributed by atoms with Crippen LogP contribution < -0.4 is 5.32 Å². The topological polar surface area (TPSA) is 74.2 Å². The van der Waals surface area contributed by atoms with Crippen molar-refractivity contribution < 1.29 is 19.0 Å². The Kier molecular flexibility index (Phi) is 9.83. The number of aliphatic hydroxyl groups is 1. The van der Waals surface area contributed by atoms with Gasteiger partial charge in [-0.05, 0) is 48.7 Å². The minimum absolute atomic E-state index is 0.0849. The molecular formula is C31H36FN3O3. The van der Waals surface area contributed by atoms with Crippen LogP contribution in [0.2, 0.25) is 0 Å². The van der Waals surface area contributed by atoms with Crippen LogP contribution in [-0.2, 0) is 16.1 Å². The van der Waals surface area contributed by atoms with Crippen LogP contribution in [0.25, 0.3) is 0 Å². The van der Waals surface area contributed by atoms with E-state index in [1.165, 1.54) is 18.7 Å². The number of nitrogens with one attached hydrogen (secondary N) is 1. The molecule has 0 amide bonds. The van der Waals surface area contributed by atoms with E-state index in [-0.39, 0.29) is 30.4 Å². The average molecular weight is 518 g/mol. The molecule has 2 aliphatic rings. The highest BCUT2D eigenvalue weighted by Gasteiger charge is 2.23. The zero-order valence-electron chi connectivity index (χ0n) is 22.1. The number of aliphatic hydroxyl groups excluding tert-OH is 1. The van der Waals surface area contributed by atoms with Crippen LogP contribution in [0.1, 0.15) is 54.4 Å². The molecule has 2 aliphatic heterocycles. The molecule has 0 aromatic heterocycles. The van der Waals surface area contributed by atoms with E-state index in [9.17, 15) is 14.3 Å². The van der Waals surface area contributed by atoms with Gasteiger partial charge in [0.25, 0.3) is 0 Å². The second-order valence-corrected chi connectivity index (χ2v) is 10.0. The maximum Gasteiger partial charge on any atom is 0.204 e. The molecule has 4 rings (SSSR count). The maximum atomic E-state index is 13.3. The van der Waals surface area contributed by atoms with E-state index in [0.717, 1.165) is 42.7 Å². The summed E-state index contributed by atoms with van der Waals surface area (Å²) in [5.74, 6) is 5.78. The Morgan fingerprint density at radius 2 is 1.82 bits per heavy atom. The lowest BCUT2D eigenvalue weighted by atomic mass is 9.92. The normalized spacial score (nSPS) is 19.3. The first-order valence-electron chi connectivity index (χ1n) is 13.2. The van der Waals surface area contributed by atoms with Crippen LogP contribution in [0, 0.1) is 11.8 Å². The van der Waals surface area contributed by atoms with Gasteiger partial charge in [-0.25, -0.2) is 4.39 Å². The van der Waals surface area contributed by atoms with Gasteiger partial charge in [-0.3, -0.25) is 14.7 Å². The number of carbonyl (C=O) groups excluding carboxylic acids is 1. The number of halogens is 1. The van der Waals surface area contributed by atoms with E-state index in [1.807, 2.05) is 24.3 Å². The van der Waals surface area contributed by atoms with Gasteiger partial charge in [-0.2, -0.15) is 0 Å². The summed E-state index contributed by atoms with van der Waals surface area (Å²) in [4.78, 5) is 18.5. The van der Waals surface area contributed by atoms with Crippen LogP contribution in [0.15, 0.2) is 65.0 Å².